The Morgan fingerprint density at radius 1 is 1.45 bits per heavy atom. The Kier molecular flexibility index (Phi) is 4.96. The third kappa shape index (κ3) is 3.94. The SMILES string of the molecule is COc1n[nH]c(NC(=O)COc2ccc(Br)cc2Br)n1. The third-order valence-corrected chi connectivity index (χ3v) is 3.27. The van der Waals surface area contributed by atoms with E-state index in [1.54, 1.807) is 6.07 Å². The first-order valence-corrected chi connectivity index (χ1v) is 7.01. The number of H-pyrrole nitrogens is 1. The molecule has 0 aliphatic carbocycles. The largest absolute Gasteiger partial charge is 0.483 e. The number of aromatic nitrogens is 3. The van der Waals surface area contributed by atoms with Gasteiger partial charge in [-0.05, 0) is 34.1 Å². The van der Waals surface area contributed by atoms with Crippen LogP contribution in [0.2, 0.25) is 0 Å². The molecule has 2 aromatic rings. The van der Waals surface area contributed by atoms with E-state index in [9.17, 15) is 4.79 Å². The first kappa shape index (κ1) is 14.8. The van der Waals surface area contributed by atoms with E-state index in [4.69, 9.17) is 9.47 Å². The second kappa shape index (κ2) is 6.71. The van der Waals surface area contributed by atoms with Crippen LogP contribution in [0.5, 0.6) is 11.8 Å². The van der Waals surface area contributed by atoms with Crippen LogP contribution in [0.25, 0.3) is 0 Å². The monoisotopic (exact) mass is 404 g/mol. The van der Waals surface area contributed by atoms with E-state index in [0.29, 0.717) is 5.75 Å². The fourth-order valence-electron chi connectivity index (χ4n) is 1.30. The summed E-state index contributed by atoms with van der Waals surface area (Å²) in [5, 5.41) is 8.72. The number of ether oxygens (including phenoxy) is 2. The zero-order valence-corrected chi connectivity index (χ0v) is 13.5. The summed E-state index contributed by atoms with van der Waals surface area (Å²) in [5.41, 5.74) is 0. The van der Waals surface area contributed by atoms with Crippen LogP contribution in [0.3, 0.4) is 0 Å². The lowest BCUT2D eigenvalue weighted by Crippen LogP contribution is -2.21. The van der Waals surface area contributed by atoms with Gasteiger partial charge in [0.2, 0.25) is 5.95 Å². The summed E-state index contributed by atoms with van der Waals surface area (Å²) >= 11 is 6.68. The van der Waals surface area contributed by atoms with Crippen LogP contribution in [0.15, 0.2) is 27.1 Å². The number of hydrogen-bond donors (Lipinski definition) is 2. The molecule has 0 spiro atoms. The van der Waals surface area contributed by atoms with E-state index >= 15 is 0 Å². The summed E-state index contributed by atoms with van der Waals surface area (Å²) in [6.07, 6.45) is 0. The molecule has 0 fully saturated rings. The number of rotatable bonds is 5. The molecule has 1 aromatic heterocycles. The second-order valence-electron chi connectivity index (χ2n) is 3.58. The van der Waals surface area contributed by atoms with Crippen molar-refractivity contribution in [3.8, 4) is 11.8 Å². The molecule has 2 rings (SSSR count). The van der Waals surface area contributed by atoms with Crippen molar-refractivity contribution in [2.24, 2.45) is 0 Å². The number of aromatic amines is 1. The van der Waals surface area contributed by atoms with E-state index < -0.39 is 0 Å². The molecule has 106 valence electrons. The van der Waals surface area contributed by atoms with Crippen molar-refractivity contribution in [1.29, 1.82) is 0 Å². The number of anilines is 1. The highest BCUT2D eigenvalue weighted by Gasteiger charge is 2.09. The van der Waals surface area contributed by atoms with Gasteiger partial charge in [0.05, 0.1) is 11.6 Å². The molecule has 1 aromatic carbocycles. The van der Waals surface area contributed by atoms with Gasteiger partial charge in [0, 0.05) is 4.47 Å². The number of nitrogens with zero attached hydrogens (tertiary/aromatic N) is 2. The van der Waals surface area contributed by atoms with Gasteiger partial charge in [-0.25, -0.2) is 5.10 Å². The van der Waals surface area contributed by atoms with Crippen molar-refractivity contribution in [1.82, 2.24) is 15.2 Å². The van der Waals surface area contributed by atoms with Gasteiger partial charge >= 0.3 is 6.01 Å². The minimum Gasteiger partial charge on any atom is -0.483 e. The molecule has 2 N–H and O–H groups in total. The molecular formula is C11H10Br2N4O3. The summed E-state index contributed by atoms with van der Waals surface area (Å²) in [6, 6.07) is 5.55. The second-order valence-corrected chi connectivity index (χ2v) is 5.35. The summed E-state index contributed by atoms with van der Waals surface area (Å²) in [4.78, 5) is 15.5. The fourth-order valence-corrected chi connectivity index (χ4v) is 2.46. The lowest BCUT2D eigenvalue weighted by Gasteiger charge is -2.07. The molecule has 7 nitrogen and oxygen atoms in total. The highest BCUT2D eigenvalue weighted by Crippen LogP contribution is 2.28. The molecule has 20 heavy (non-hydrogen) atoms. The number of carbonyl (C=O) groups is 1. The molecule has 0 unspecified atom stereocenters. The van der Waals surface area contributed by atoms with Gasteiger partial charge in [0.15, 0.2) is 6.61 Å². The van der Waals surface area contributed by atoms with Crippen LogP contribution >= 0.6 is 31.9 Å². The maximum atomic E-state index is 11.7. The van der Waals surface area contributed by atoms with Gasteiger partial charge in [-0.3, -0.25) is 10.1 Å². The highest BCUT2D eigenvalue weighted by molar-refractivity contribution is 9.11. The van der Waals surface area contributed by atoms with Crippen LogP contribution < -0.4 is 14.8 Å². The normalized spacial score (nSPS) is 10.2. The molecule has 0 aliphatic rings. The molecule has 0 radical (unpaired) electrons. The molecule has 0 saturated carbocycles. The summed E-state index contributed by atoms with van der Waals surface area (Å²) in [5.74, 6) is 0.405. The number of carbonyl (C=O) groups excluding carboxylic acids is 1. The number of nitrogens with one attached hydrogen (secondary N) is 2. The molecule has 1 amide bonds. The molecule has 0 bridgehead atoms. The number of methoxy groups -OCH3 is 1. The van der Waals surface area contributed by atoms with Crippen LogP contribution in [0.1, 0.15) is 0 Å². The predicted octanol–water partition coefficient (Wildman–Crippen LogP) is 2.36. The van der Waals surface area contributed by atoms with Crippen molar-refractivity contribution in [2.75, 3.05) is 19.0 Å². The lowest BCUT2D eigenvalue weighted by atomic mass is 10.3. The van der Waals surface area contributed by atoms with Crippen LogP contribution in [0, 0.1) is 0 Å². The van der Waals surface area contributed by atoms with Crippen LogP contribution in [0.4, 0.5) is 5.95 Å². The van der Waals surface area contributed by atoms with E-state index in [-0.39, 0.29) is 24.5 Å². The standard InChI is InChI=1S/C11H10Br2N4O3/c1-19-11-15-10(16-17-11)14-9(18)5-20-8-3-2-6(12)4-7(8)13/h2-4H,5H2,1H3,(H2,14,15,16,17,18). The minimum atomic E-state index is -0.362. The Bertz CT molecular complexity index is 617. The van der Waals surface area contributed by atoms with Crippen molar-refractivity contribution in [2.45, 2.75) is 0 Å². The van der Waals surface area contributed by atoms with E-state index in [1.807, 2.05) is 12.1 Å². The zero-order valence-electron chi connectivity index (χ0n) is 10.3. The topological polar surface area (TPSA) is 89.1 Å². The van der Waals surface area contributed by atoms with E-state index in [1.165, 1.54) is 7.11 Å². The molecule has 0 aliphatic heterocycles. The van der Waals surface area contributed by atoms with Crippen molar-refractivity contribution < 1.29 is 14.3 Å². The Morgan fingerprint density at radius 3 is 2.90 bits per heavy atom. The number of benzene rings is 1. The lowest BCUT2D eigenvalue weighted by molar-refractivity contribution is -0.118. The highest BCUT2D eigenvalue weighted by atomic mass is 79.9. The summed E-state index contributed by atoms with van der Waals surface area (Å²) in [7, 11) is 1.43. The summed E-state index contributed by atoms with van der Waals surface area (Å²) < 4.78 is 11.8. The number of hydrogen-bond acceptors (Lipinski definition) is 5. The van der Waals surface area contributed by atoms with Crippen molar-refractivity contribution in [3.05, 3.63) is 27.1 Å². The zero-order chi connectivity index (χ0) is 14.5. The van der Waals surface area contributed by atoms with Crippen molar-refractivity contribution in [3.63, 3.8) is 0 Å². The van der Waals surface area contributed by atoms with Gasteiger partial charge in [-0.1, -0.05) is 15.9 Å². The quantitative estimate of drug-likeness (QED) is 0.796. The van der Waals surface area contributed by atoms with E-state index in [0.717, 1.165) is 8.95 Å². The average molecular weight is 406 g/mol. The molecule has 0 atom stereocenters. The number of amides is 1. The molecule has 9 heteroatoms. The maximum Gasteiger partial charge on any atom is 0.336 e. The smallest absolute Gasteiger partial charge is 0.336 e. The Hall–Kier alpha value is -1.61. The first-order valence-electron chi connectivity index (χ1n) is 5.42. The van der Waals surface area contributed by atoms with Gasteiger partial charge in [-0.2, -0.15) is 4.98 Å². The van der Waals surface area contributed by atoms with Crippen molar-refractivity contribution >= 4 is 43.7 Å². The van der Waals surface area contributed by atoms with Crippen LogP contribution in [-0.4, -0.2) is 34.8 Å². The van der Waals surface area contributed by atoms with E-state index in [2.05, 4.69) is 52.4 Å². The third-order valence-electron chi connectivity index (χ3n) is 2.16. The number of halogens is 2. The fraction of sp³-hybridized carbons (Fsp3) is 0.182. The molecule has 0 saturated heterocycles. The summed E-state index contributed by atoms with van der Waals surface area (Å²) in [6.45, 7) is -0.150. The van der Waals surface area contributed by atoms with Gasteiger partial charge in [-0.15, -0.1) is 5.10 Å². The van der Waals surface area contributed by atoms with Gasteiger partial charge in [0.25, 0.3) is 5.91 Å². The minimum absolute atomic E-state index is 0.150. The Labute approximate surface area is 131 Å². The van der Waals surface area contributed by atoms with Gasteiger partial charge < -0.3 is 9.47 Å². The predicted molar refractivity (Wildman–Crippen MR) is 78.9 cm³/mol. The first-order chi connectivity index (χ1) is 9.58. The average Bonchev–Trinajstić information content (AvgIpc) is 2.85. The Morgan fingerprint density at radius 2 is 2.25 bits per heavy atom. The van der Waals surface area contributed by atoms with Gasteiger partial charge in [0.1, 0.15) is 5.75 Å². The maximum absolute atomic E-state index is 11.7. The molecule has 1 heterocycles. The molecular weight excluding hydrogens is 396 g/mol. The Balaban J connectivity index is 1.88. The van der Waals surface area contributed by atoms with Crippen LogP contribution in [-0.2, 0) is 4.79 Å².